The lowest BCUT2D eigenvalue weighted by Crippen LogP contribution is -2.15. The highest BCUT2D eigenvalue weighted by Crippen LogP contribution is 2.39. The van der Waals surface area contributed by atoms with Crippen LogP contribution in [-0.2, 0) is 28.6 Å². The summed E-state index contributed by atoms with van der Waals surface area (Å²) < 4.78 is 53.6. The average molecular weight is 451 g/mol. The summed E-state index contributed by atoms with van der Waals surface area (Å²) in [5.74, 6) is 2.17. The van der Waals surface area contributed by atoms with Crippen LogP contribution in [0.25, 0.3) is 16.8 Å². The van der Waals surface area contributed by atoms with Crippen molar-refractivity contribution in [3.8, 4) is 0 Å². The predicted molar refractivity (Wildman–Crippen MR) is 113 cm³/mol. The molecule has 0 amide bonds. The van der Waals surface area contributed by atoms with Crippen LogP contribution in [0, 0.1) is 6.92 Å². The molecule has 2 aromatic carbocycles. The van der Waals surface area contributed by atoms with Crippen LogP contribution in [0.15, 0.2) is 42.2 Å². The van der Waals surface area contributed by atoms with Crippen LogP contribution in [0.2, 0.25) is 5.02 Å². The third kappa shape index (κ3) is 3.99. The first-order valence-corrected chi connectivity index (χ1v) is 10.5. The van der Waals surface area contributed by atoms with Crippen LogP contribution >= 0.6 is 11.6 Å². The van der Waals surface area contributed by atoms with E-state index in [1.54, 1.807) is 6.07 Å². The van der Waals surface area contributed by atoms with Crippen LogP contribution in [0.5, 0.6) is 0 Å². The molecule has 1 unspecified atom stereocenters. The second kappa shape index (κ2) is 8.11. The normalized spacial score (nSPS) is 16.7. The van der Waals surface area contributed by atoms with Crippen molar-refractivity contribution in [1.82, 2.24) is 9.55 Å². The molecule has 1 aromatic heterocycles. The molecule has 0 saturated heterocycles. The predicted octanol–water partition coefficient (Wildman–Crippen LogP) is 6.73. The molecular formula is C23H22ClF3N2O2. The summed E-state index contributed by atoms with van der Waals surface area (Å²) in [6.45, 7) is 6.79. The lowest BCUT2D eigenvalue weighted by atomic mass is 10.1. The van der Waals surface area contributed by atoms with Gasteiger partial charge in [0, 0.05) is 24.9 Å². The average Bonchev–Trinajstić information content (AvgIpc) is 3.27. The third-order valence-corrected chi connectivity index (χ3v) is 5.83. The molecule has 0 saturated carbocycles. The minimum Gasteiger partial charge on any atom is -0.455 e. The number of ether oxygens (including phenoxy) is 2. The SMILES string of the molecule is CCC1=C(c2ccc3c(c2)nc(C)n3CC)OC(Cc2cccc(C(F)(F)F)c2Cl)O1. The third-order valence-electron chi connectivity index (χ3n) is 5.39. The zero-order chi connectivity index (χ0) is 22.3. The first kappa shape index (κ1) is 21.6. The first-order valence-electron chi connectivity index (χ1n) is 10.1. The number of imidazole rings is 1. The van der Waals surface area contributed by atoms with Gasteiger partial charge in [0.25, 0.3) is 0 Å². The van der Waals surface area contributed by atoms with E-state index in [9.17, 15) is 13.2 Å². The molecule has 4 nitrogen and oxygen atoms in total. The Morgan fingerprint density at radius 3 is 2.58 bits per heavy atom. The second-order valence-electron chi connectivity index (χ2n) is 7.36. The van der Waals surface area contributed by atoms with E-state index in [2.05, 4.69) is 16.5 Å². The number of aryl methyl sites for hydroxylation is 2. The van der Waals surface area contributed by atoms with Crippen molar-refractivity contribution < 1.29 is 22.6 Å². The van der Waals surface area contributed by atoms with Gasteiger partial charge in [-0.25, -0.2) is 4.98 Å². The van der Waals surface area contributed by atoms with Crippen molar-refractivity contribution in [2.75, 3.05) is 0 Å². The van der Waals surface area contributed by atoms with Crippen LogP contribution in [0.1, 0.15) is 42.8 Å². The summed E-state index contributed by atoms with van der Waals surface area (Å²) >= 11 is 6.04. The molecule has 0 spiro atoms. The molecule has 0 fully saturated rings. The van der Waals surface area contributed by atoms with E-state index < -0.39 is 18.0 Å². The maximum Gasteiger partial charge on any atom is 0.417 e. The van der Waals surface area contributed by atoms with E-state index in [1.807, 2.05) is 32.0 Å². The number of fused-ring (bicyclic) bond motifs is 1. The van der Waals surface area contributed by atoms with Gasteiger partial charge in [-0.1, -0.05) is 30.7 Å². The standard InChI is InChI=1S/C23H22ClF3N2O2/c1-4-19-22(15-9-10-18-17(11-15)28-13(3)29(18)5-2)31-20(30-19)12-14-7-6-8-16(21(14)24)23(25,26)27/h6-11,20H,4-5,12H2,1-3H3. The van der Waals surface area contributed by atoms with Gasteiger partial charge in [-0.2, -0.15) is 13.2 Å². The lowest BCUT2D eigenvalue weighted by Gasteiger charge is -2.16. The molecule has 4 rings (SSSR count). The Kier molecular flexibility index (Phi) is 5.64. The Morgan fingerprint density at radius 2 is 1.90 bits per heavy atom. The molecule has 0 N–H and O–H groups in total. The molecule has 2 heterocycles. The van der Waals surface area contributed by atoms with E-state index in [4.69, 9.17) is 21.1 Å². The Labute approximate surface area is 183 Å². The van der Waals surface area contributed by atoms with E-state index in [1.165, 1.54) is 6.07 Å². The second-order valence-corrected chi connectivity index (χ2v) is 7.74. The van der Waals surface area contributed by atoms with Gasteiger partial charge in [0.05, 0.1) is 21.6 Å². The summed E-state index contributed by atoms with van der Waals surface area (Å²) in [5, 5.41) is -0.323. The molecule has 0 radical (unpaired) electrons. The molecular weight excluding hydrogens is 429 g/mol. The monoisotopic (exact) mass is 450 g/mol. The van der Waals surface area contributed by atoms with E-state index in [-0.39, 0.29) is 11.4 Å². The van der Waals surface area contributed by atoms with E-state index in [0.717, 1.165) is 35.0 Å². The van der Waals surface area contributed by atoms with Gasteiger partial charge in [-0.05, 0) is 43.7 Å². The molecule has 0 bridgehead atoms. The van der Waals surface area contributed by atoms with Gasteiger partial charge >= 0.3 is 6.18 Å². The molecule has 1 atom stereocenters. The Morgan fingerprint density at radius 1 is 1.13 bits per heavy atom. The number of hydrogen-bond donors (Lipinski definition) is 0. The number of alkyl halides is 3. The molecule has 31 heavy (non-hydrogen) atoms. The first-order chi connectivity index (χ1) is 14.7. The highest BCUT2D eigenvalue weighted by Gasteiger charge is 2.35. The fourth-order valence-electron chi connectivity index (χ4n) is 3.92. The zero-order valence-corrected chi connectivity index (χ0v) is 18.1. The lowest BCUT2D eigenvalue weighted by molar-refractivity contribution is -0.137. The number of aromatic nitrogens is 2. The topological polar surface area (TPSA) is 36.3 Å². The van der Waals surface area contributed by atoms with E-state index in [0.29, 0.717) is 23.5 Å². The van der Waals surface area contributed by atoms with Gasteiger partial charge in [0.2, 0.25) is 6.29 Å². The van der Waals surface area contributed by atoms with Crippen molar-refractivity contribution in [2.24, 2.45) is 0 Å². The number of allylic oxidation sites excluding steroid dienone is 1. The zero-order valence-electron chi connectivity index (χ0n) is 17.4. The molecule has 164 valence electrons. The molecule has 3 aromatic rings. The quantitative estimate of drug-likeness (QED) is 0.432. The van der Waals surface area contributed by atoms with Gasteiger partial charge in [0.1, 0.15) is 11.6 Å². The number of hydrogen-bond acceptors (Lipinski definition) is 3. The summed E-state index contributed by atoms with van der Waals surface area (Å²) in [4.78, 5) is 4.62. The van der Waals surface area contributed by atoms with Crippen LogP contribution in [0.3, 0.4) is 0 Å². The summed E-state index contributed by atoms with van der Waals surface area (Å²) in [6, 6.07) is 9.76. The number of benzene rings is 2. The van der Waals surface area contributed by atoms with Crippen molar-refractivity contribution >= 4 is 28.4 Å². The maximum absolute atomic E-state index is 13.2. The summed E-state index contributed by atoms with van der Waals surface area (Å²) in [6.07, 6.45) is -4.58. The Bertz CT molecular complexity index is 1170. The Balaban J connectivity index is 1.60. The fraction of sp³-hybridized carbons (Fsp3) is 0.348. The molecule has 1 aliphatic heterocycles. The maximum atomic E-state index is 13.2. The number of rotatable bonds is 5. The molecule has 1 aliphatic rings. The van der Waals surface area contributed by atoms with Gasteiger partial charge in [-0.15, -0.1) is 0 Å². The van der Waals surface area contributed by atoms with Crippen molar-refractivity contribution in [2.45, 2.75) is 52.6 Å². The fourth-order valence-corrected chi connectivity index (χ4v) is 4.23. The molecule has 8 heteroatoms. The minimum absolute atomic E-state index is 0.0988. The van der Waals surface area contributed by atoms with Crippen LogP contribution < -0.4 is 0 Å². The number of nitrogens with zero attached hydrogens (tertiary/aromatic N) is 2. The van der Waals surface area contributed by atoms with Crippen molar-refractivity contribution in [3.05, 3.63) is 69.7 Å². The van der Waals surface area contributed by atoms with Gasteiger partial charge < -0.3 is 14.0 Å². The van der Waals surface area contributed by atoms with Crippen molar-refractivity contribution in [1.29, 1.82) is 0 Å². The van der Waals surface area contributed by atoms with Gasteiger partial charge in [0.15, 0.2) is 5.76 Å². The highest BCUT2D eigenvalue weighted by atomic mass is 35.5. The Hall–Kier alpha value is -2.67. The summed E-state index contributed by atoms with van der Waals surface area (Å²) in [7, 11) is 0. The largest absolute Gasteiger partial charge is 0.455 e. The number of halogens is 4. The highest BCUT2D eigenvalue weighted by molar-refractivity contribution is 6.32. The smallest absolute Gasteiger partial charge is 0.417 e. The van der Waals surface area contributed by atoms with Gasteiger partial charge in [-0.3, -0.25) is 0 Å². The minimum atomic E-state index is -4.52. The van der Waals surface area contributed by atoms with E-state index >= 15 is 0 Å². The van der Waals surface area contributed by atoms with Crippen LogP contribution in [-0.4, -0.2) is 15.8 Å². The van der Waals surface area contributed by atoms with Crippen molar-refractivity contribution in [3.63, 3.8) is 0 Å². The molecule has 0 aliphatic carbocycles. The van der Waals surface area contributed by atoms with Crippen LogP contribution in [0.4, 0.5) is 13.2 Å². The summed E-state index contributed by atoms with van der Waals surface area (Å²) in [5.41, 5.74) is 2.18.